The van der Waals surface area contributed by atoms with Crippen molar-refractivity contribution in [2.75, 3.05) is 13.7 Å². The number of hydrogen-bond donors (Lipinski definition) is 3. The Labute approximate surface area is 191 Å². The number of H-pyrrole nitrogens is 1. The van der Waals surface area contributed by atoms with Crippen LogP contribution in [-0.4, -0.2) is 51.5 Å². The molecule has 32 heavy (non-hydrogen) atoms. The molecule has 2 aliphatic heterocycles. The lowest BCUT2D eigenvalue weighted by atomic mass is 10.1. The summed E-state index contributed by atoms with van der Waals surface area (Å²) in [6.45, 7) is -1.51. The Bertz CT molecular complexity index is 1250. The van der Waals surface area contributed by atoms with Gasteiger partial charge in [-0.05, 0) is 6.07 Å². The molecule has 0 spiro atoms. The van der Waals surface area contributed by atoms with E-state index in [0.29, 0.717) is 10.1 Å². The number of benzene rings is 1. The first kappa shape index (κ1) is 22.0. The van der Waals surface area contributed by atoms with Crippen LogP contribution < -0.4 is 15.0 Å². The molecule has 174 valence electrons. The number of nitrogens with one attached hydrogen (secondary N) is 1. The molecular weight excluding hydrogens is 494 g/mol. The Morgan fingerprint density at radius 1 is 1.53 bits per heavy atom. The van der Waals surface area contributed by atoms with E-state index in [1.807, 2.05) is 0 Å². The van der Waals surface area contributed by atoms with E-state index < -0.39 is 44.4 Å². The lowest BCUT2D eigenvalue weighted by molar-refractivity contribution is -0.205. The molecule has 2 aliphatic rings. The van der Waals surface area contributed by atoms with E-state index in [-0.39, 0.29) is 27.8 Å². The molecule has 1 fully saturated rings. The highest BCUT2D eigenvalue weighted by molar-refractivity contribution is 7.71. The van der Waals surface area contributed by atoms with Gasteiger partial charge in [0.2, 0.25) is 0 Å². The Balaban J connectivity index is 1.58. The molecule has 1 unspecified atom stereocenters. The average molecular weight is 512 g/mol. The lowest BCUT2D eigenvalue weighted by Crippen LogP contribution is -2.43. The van der Waals surface area contributed by atoms with Gasteiger partial charge in [-0.3, -0.25) is 18.6 Å². The van der Waals surface area contributed by atoms with Gasteiger partial charge in [0, 0.05) is 11.8 Å². The molecule has 0 radical (unpaired) electrons. The SMILES string of the molecule is [2H][C@@]1(n2cc(Cl)c(=S)[nH]c2=O)O[C@](F)(COP2(=O)OCc3cccc(OC)c3O2)[C@@H](O)[C@H]1O. The summed E-state index contributed by atoms with van der Waals surface area (Å²) in [6, 6.07) is 4.81. The molecule has 15 heteroatoms. The van der Waals surface area contributed by atoms with Gasteiger partial charge in [-0.25, -0.2) is 13.8 Å². The van der Waals surface area contributed by atoms with E-state index in [2.05, 4.69) is 4.98 Å². The fourth-order valence-electron chi connectivity index (χ4n) is 3.04. The standard InChI is InChI=1S/C17H17ClFN2O9PS/c1-26-10-4-2-3-8-6-27-31(25,30-12(8)10)28-7-17(19)13(23)11(22)15(29-17)21-5-9(18)14(32)20-16(21)24/h2-5,11,13,15,22-23H,6-7H2,1H3,(H,20,24,32)/t11-,13+,15-,17-,31?/m1/s1/i15D. The monoisotopic (exact) mass is 511 g/mol. The van der Waals surface area contributed by atoms with E-state index >= 15 is 4.39 Å². The van der Waals surface area contributed by atoms with Crippen molar-refractivity contribution in [1.82, 2.24) is 9.55 Å². The predicted octanol–water partition coefficient (Wildman–Crippen LogP) is 2.22. The van der Waals surface area contributed by atoms with Crippen molar-refractivity contribution >= 4 is 31.6 Å². The Morgan fingerprint density at radius 2 is 2.28 bits per heavy atom. The molecule has 3 heterocycles. The number of rotatable bonds is 5. The Hall–Kier alpha value is -1.83. The molecule has 4 rings (SSSR count). The maximum absolute atomic E-state index is 15.5. The van der Waals surface area contributed by atoms with Crippen LogP contribution in [0.3, 0.4) is 0 Å². The molecule has 2 aromatic rings. The summed E-state index contributed by atoms with van der Waals surface area (Å²) >= 11 is 10.7. The summed E-state index contributed by atoms with van der Waals surface area (Å²) in [4.78, 5) is 14.3. The van der Waals surface area contributed by atoms with Crippen LogP contribution >= 0.6 is 31.6 Å². The molecule has 0 amide bonds. The summed E-state index contributed by atoms with van der Waals surface area (Å²) in [5.74, 6) is -3.01. The zero-order chi connectivity index (χ0) is 24.2. The Kier molecular flexibility index (Phi) is 5.84. The molecule has 1 saturated heterocycles. The van der Waals surface area contributed by atoms with Gasteiger partial charge < -0.3 is 24.2 Å². The third-order valence-electron chi connectivity index (χ3n) is 4.69. The molecule has 0 aliphatic carbocycles. The zero-order valence-corrected chi connectivity index (χ0v) is 18.7. The van der Waals surface area contributed by atoms with Crippen molar-refractivity contribution in [3.8, 4) is 11.5 Å². The van der Waals surface area contributed by atoms with Gasteiger partial charge in [-0.2, -0.15) is 0 Å². The molecule has 1 aromatic carbocycles. The lowest BCUT2D eigenvalue weighted by Gasteiger charge is -2.28. The summed E-state index contributed by atoms with van der Waals surface area (Å²) in [5, 5.41) is 20.4. The Morgan fingerprint density at radius 3 is 3.00 bits per heavy atom. The number of hydrogen-bond acceptors (Lipinski definition) is 10. The van der Waals surface area contributed by atoms with Gasteiger partial charge >= 0.3 is 13.5 Å². The largest absolute Gasteiger partial charge is 0.530 e. The number of alkyl halides is 1. The summed E-state index contributed by atoms with van der Waals surface area (Å²) in [6.07, 6.45) is -6.73. The molecule has 5 atom stereocenters. The number of phosphoric ester groups is 1. The first-order chi connectivity index (χ1) is 15.4. The number of ether oxygens (including phenoxy) is 2. The number of methoxy groups -OCH3 is 1. The maximum Gasteiger partial charge on any atom is 0.530 e. The van der Waals surface area contributed by atoms with Crippen LogP contribution in [0.15, 0.2) is 29.2 Å². The van der Waals surface area contributed by atoms with E-state index in [1.54, 1.807) is 12.1 Å². The minimum absolute atomic E-state index is 0.0611. The number of aliphatic hydroxyl groups excluding tert-OH is 2. The quantitative estimate of drug-likeness (QED) is 0.404. The summed E-state index contributed by atoms with van der Waals surface area (Å²) in [5.41, 5.74) is -0.568. The number of phosphoric acid groups is 1. The van der Waals surface area contributed by atoms with Crippen LogP contribution in [0.1, 0.15) is 13.1 Å². The zero-order valence-electron chi connectivity index (χ0n) is 17.2. The van der Waals surface area contributed by atoms with Crippen LogP contribution in [0.2, 0.25) is 5.02 Å². The highest BCUT2D eigenvalue weighted by Crippen LogP contribution is 2.57. The molecule has 1 aromatic heterocycles. The van der Waals surface area contributed by atoms with Crippen molar-refractivity contribution in [3.63, 3.8) is 0 Å². The fourth-order valence-corrected chi connectivity index (χ4v) is 4.57. The van der Waals surface area contributed by atoms with Gasteiger partial charge in [-0.15, -0.1) is 0 Å². The van der Waals surface area contributed by atoms with Crippen LogP contribution in [0, 0.1) is 4.64 Å². The van der Waals surface area contributed by atoms with Crippen LogP contribution in [0.4, 0.5) is 4.39 Å². The van der Waals surface area contributed by atoms with Crippen molar-refractivity contribution in [1.29, 1.82) is 0 Å². The molecule has 0 saturated carbocycles. The third kappa shape index (κ3) is 4.11. The van der Waals surface area contributed by atoms with Crippen molar-refractivity contribution in [2.45, 2.75) is 30.9 Å². The number of para-hydroxylation sites is 1. The van der Waals surface area contributed by atoms with Crippen LogP contribution in [0.25, 0.3) is 0 Å². The minimum Gasteiger partial charge on any atom is -0.493 e. The summed E-state index contributed by atoms with van der Waals surface area (Å²) < 4.78 is 62.4. The first-order valence-electron chi connectivity index (χ1n) is 9.44. The first-order valence-corrected chi connectivity index (χ1v) is 11.2. The van der Waals surface area contributed by atoms with Crippen molar-refractivity contribution in [3.05, 3.63) is 50.1 Å². The topological polar surface area (TPSA) is 141 Å². The second kappa shape index (κ2) is 8.50. The third-order valence-corrected chi connectivity index (χ3v) is 6.70. The predicted molar refractivity (Wildman–Crippen MR) is 109 cm³/mol. The van der Waals surface area contributed by atoms with Crippen LogP contribution in [-0.2, 0) is 25.0 Å². The van der Waals surface area contributed by atoms with E-state index in [1.165, 1.54) is 13.2 Å². The summed E-state index contributed by atoms with van der Waals surface area (Å²) in [7, 11) is -3.07. The molecule has 11 nitrogen and oxygen atoms in total. The number of halogens is 2. The normalized spacial score (nSPS) is 34.5. The minimum atomic E-state index is -4.43. The highest BCUT2D eigenvalue weighted by Gasteiger charge is 2.57. The number of aromatic amines is 1. The second-order valence-electron chi connectivity index (χ2n) is 6.76. The van der Waals surface area contributed by atoms with Crippen molar-refractivity contribution < 1.29 is 43.6 Å². The van der Waals surface area contributed by atoms with Gasteiger partial charge in [0.05, 0.1) is 20.1 Å². The van der Waals surface area contributed by atoms with Crippen molar-refractivity contribution in [2.24, 2.45) is 0 Å². The number of fused-ring (bicyclic) bond motifs is 1. The molecule has 0 bridgehead atoms. The fraction of sp³-hybridized carbons (Fsp3) is 0.412. The molecular formula is C17H17ClFN2O9PS. The smallest absolute Gasteiger partial charge is 0.493 e. The average Bonchev–Trinajstić information content (AvgIpc) is 2.95. The van der Waals surface area contributed by atoms with Gasteiger partial charge in [0.15, 0.2) is 17.7 Å². The second-order valence-corrected chi connectivity index (χ2v) is 9.17. The van der Waals surface area contributed by atoms with Crippen LogP contribution in [0.5, 0.6) is 11.5 Å². The van der Waals surface area contributed by atoms with Gasteiger partial charge in [-0.1, -0.05) is 36.0 Å². The number of nitrogens with zero attached hydrogens (tertiary/aromatic N) is 1. The van der Waals surface area contributed by atoms with Gasteiger partial charge in [0.1, 0.15) is 23.5 Å². The number of aliphatic hydroxyl groups is 2. The van der Waals surface area contributed by atoms with Gasteiger partial charge in [0.25, 0.3) is 5.85 Å². The maximum atomic E-state index is 15.5. The number of aromatic nitrogens is 2. The molecule has 3 N–H and O–H groups in total. The van der Waals surface area contributed by atoms with E-state index in [4.69, 9.17) is 48.2 Å². The van der Waals surface area contributed by atoms with E-state index in [9.17, 15) is 19.6 Å². The van der Waals surface area contributed by atoms with E-state index in [0.717, 1.165) is 6.20 Å². The highest BCUT2D eigenvalue weighted by atomic mass is 35.5.